The lowest BCUT2D eigenvalue weighted by Crippen LogP contribution is -1.90. The highest BCUT2D eigenvalue weighted by atomic mass is 35.5. The second-order valence-electron chi connectivity index (χ2n) is 2.88. The van der Waals surface area contributed by atoms with E-state index < -0.39 is 0 Å². The molecule has 1 atom stereocenters. The van der Waals surface area contributed by atoms with E-state index in [0.29, 0.717) is 5.02 Å². The summed E-state index contributed by atoms with van der Waals surface area (Å²) in [4.78, 5) is 0. The first kappa shape index (κ1) is 9.09. The molecule has 62 valence electrons. The highest BCUT2D eigenvalue weighted by Gasteiger charge is 2.07. The van der Waals surface area contributed by atoms with Crippen LogP contribution in [0.4, 0.5) is 0 Å². The van der Waals surface area contributed by atoms with Crippen molar-refractivity contribution in [2.24, 2.45) is 0 Å². The Balaban J connectivity index is 3.11. The van der Waals surface area contributed by atoms with E-state index >= 15 is 0 Å². The van der Waals surface area contributed by atoms with Crippen molar-refractivity contribution in [1.29, 1.82) is 5.26 Å². The maximum atomic E-state index is 8.67. The molecule has 0 aliphatic rings. The fraction of sp³-hybridized carbons (Fsp3) is 0.300. The summed E-state index contributed by atoms with van der Waals surface area (Å²) < 4.78 is 0. The van der Waals surface area contributed by atoms with Crippen LogP contribution in [0.25, 0.3) is 0 Å². The van der Waals surface area contributed by atoms with Gasteiger partial charge in [0.25, 0.3) is 0 Å². The Morgan fingerprint density at radius 1 is 1.50 bits per heavy atom. The Labute approximate surface area is 77.6 Å². The molecule has 0 amide bonds. The van der Waals surface area contributed by atoms with Gasteiger partial charge in [0.1, 0.15) is 0 Å². The molecule has 0 radical (unpaired) electrons. The Kier molecular flexibility index (Phi) is 2.73. The van der Waals surface area contributed by atoms with Crippen LogP contribution in [0.5, 0.6) is 0 Å². The SMILES string of the molecule is Cc1ccc(C(C)C#N)c(Cl)c1. The summed E-state index contributed by atoms with van der Waals surface area (Å²) in [6.07, 6.45) is 0. The monoisotopic (exact) mass is 179 g/mol. The number of hydrogen-bond donors (Lipinski definition) is 0. The molecule has 1 aromatic carbocycles. The molecule has 0 aromatic heterocycles. The van der Waals surface area contributed by atoms with Crippen LogP contribution < -0.4 is 0 Å². The molecule has 1 rings (SSSR count). The average Bonchev–Trinajstić information content (AvgIpc) is 2.03. The number of rotatable bonds is 1. The highest BCUT2D eigenvalue weighted by molar-refractivity contribution is 6.31. The van der Waals surface area contributed by atoms with E-state index in [1.54, 1.807) is 0 Å². The minimum Gasteiger partial charge on any atom is -0.198 e. The van der Waals surface area contributed by atoms with Crippen LogP contribution >= 0.6 is 11.6 Å². The maximum Gasteiger partial charge on any atom is 0.0701 e. The quantitative estimate of drug-likeness (QED) is 0.649. The van der Waals surface area contributed by atoms with E-state index in [9.17, 15) is 0 Å². The van der Waals surface area contributed by atoms with Crippen LogP contribution in [-0.4, -0.2) is 0 Å². The maximum absolute atomic E-state index is 8.67. The van der Waals surface area contributed by atoms with Crippen LogP contribution in [0.1, 0.15) is 24.0 Å². The van der Waals surface area contributed by atoms with Crippen molar-refractivity contribution < 1.29 is 0 Å². The summed E-state index contributed by atoms with van der Waals surface area (Å²) in [6, 6.07) is 7.91. The first-order valence-corrected chi connectivity index (χ1v) is 4.18. The fourth-order valence-corrected chi connectivity index (χ4v) is 1.45. The number of halogens is 1. The zero-order valence-corrected chi connectivity index (χ0v) is 7.89. The number of nitriles is 1. The Hall–Kier alpha value is -1.00. The predicted molar refractivity (Wildman–Crippen MR) is 50.2 cm³/mol. The minimum atomic E-state index is -0.127. The second kappa shape index (κ2) is 3.60. The third-order valence-electron chi connectivity index (χ3n) is 1.82. The van der Waals surface area contributed by atoms with Crippen LogP contribution in [-0.2, 0) is 0 Å². The van der Waals surface area contributed by atoms with E-state index in [2.05, 4.69) is 6.07 Å². The molecule has 0 bridgehead atoms. The van der Waals surface area contributed by atoms with Crippen molar-refractivity contribution >= 4 is 11.6 Å². The number of nitrogens with zero attached hydrogens (tertiary/aromatic N) is 1. The molecule has 0 saturated carbocycles. The van der Waals surface area contributed by atoms with Crippen LogP contribution in [0.3, 0.4) is 0 Å². The van der Waals surface area contributed by atoms with E-state index in [4.69, 9.17) is 16.9 Å². The topological polar surface area (TPSA) is 23.8 Å². The number of aryl methyl sites for hydroxylation is 1. The van der Waals surface area contributed by atoms with Crippen LogP contribution in [0, 0.1) is 18.3 Å². The lowest BCUT2D eigenvalue weighted by atomic mass is 10.0. The summed E-state index contributed by atoms with van der Waals surface area (Å²) >= 11 is 5.95. The molecule has 0 fully saturated rings. The summed E-state index contributed by atoms with van der Waals surface area (Å²) in [5.41, 5.74) is 2.03. The first-order valence-electron chi connectivity index (χ1n) is 3.81. The molecule has 0 aliphatic heterocycles. The fourth-order valence-electron chi connectivity index (χ4n) is 1.05. The predicted octanol–water partition coefficient (Wildman–Crippen LogP) is 3.28. The van der Waals surface area contributed by atoms with Crippen molar-refractivity contribution in [3.63, 3.8) is 0 Å². The van der Waals surface area contributed by atoms with Crippen LogP contribution in [0.15, 0.2) is 18.2 Å². The summed E-state index contributed by atoms with van der Waals surface area (Å²) in [7, 11) is 0. The van der Waals surface area contributed by atoms with Crippen molar-refractivity contribution in [2.75, 3.05) is 0 Å². The van der Waals surface area contributed by atoms with Gasteiger partial charge in [-0.1, -0.05) is 23.7 Å². The van der Waals surface area contributed by atoms with Gasteiger partial charge in [-0.25, -0.2) is 0 Å². The first-order chi connectivity index (χ1) is 5.65. The molecule has 0 saturated heterocycles. The van der Waals surface area contributed by atoms with E-state index in [1.165, 1.54) is 0 Å². The molecule has 0 aliphatic carbocycles. The highest BCUT2D eigenvalue weighted by Crippen LogP contribution is 2.24. The molecule has 2 heteroatoms. The Morgan fingerprint density at radius 3 is 2.67 bits per heavy atom. The lowest BCUT2D eigenvalue weighted by molar-refractivity contribution is 0.981. The zero-order valence-electron chi connectivity index (χ0n) is 7.13. The van der Waals surface area contributed by atoms with Gasteiger partial charge >= 0.3 is 0 Å². The Bertz CT molecular complexity index is 325. The third-order valence-corrected chi connectivity index (χ3v) is 2.14. The molecule has 1 aromatic rings. The van der Waals surface area contributed by atoms with Crippen molar-refractivity contribution in [1.82, 2.24) is 0 Å². The molecule has 12 heavy (non-hydrogen) atoms. The van der Waals surface area contributed by atoms with Gasteiger partial charge in [-0.15, -0.1) is 0 Å². The molecule has 0 N–H and O–H groups in total. The second-order valence-corrected chi connectivity index (χ2v) is 3.28. The van der Waals surface area contributed by atoms with E-state index in [0.717, 1.165) is 11.1 Å². The van der Waals surface area contributed by atoms with E-state index in [-0.39, 0.29) is 5.92 Å². The van der Waals surface area contributed by atoms with Gasteiger partial charge in [-0.2, -0.15) is 5.26 Å². The van der Waals surface area contributed by atoms with Crippen molar-refractivity contribution in [3.05, 3.63) is 34.3 Å². The average molecular weight is 180 g/mol. The molecule has 1 unspecified atom stereocenters. The lowest BCUT2D eigenvalue weighted by Gasteiger charge is -2.05. The van der Waals surface area contributed by atoms with Crippen molar-refractivity contribution in [2.45, 2.75) is 19.8 Å². The van der Waals surface area contributed by atoms with Gasteiger partial charge in [0.15, 0.2) is 0 Å². The molecule has 1 nitrogen and oxygen atoms in total. The van der Waals surface area contributed by atoms with E-state index in [1.807, 2.05) is 32.0 Å². The largest absolute Gasteiger partial charge is 0.198 e. The van der Waals surface area contributed by atoms with Gasteiger partial charge in [-0.05, 0) is 31.0 Å². The van der Waals surface area contributed by atoms with Gasteiger partial charge < -0.3 is 0 Å². The summed E-state index contributed by atoms with van der Waals surface area (Å²) in [5.74, 6) is -0.127. The summed E-state index contributed by atoms with van der Waals surface area (Å²) in [6.45, 7) is 3.82. The van der Waals surface area contributed by atoms with Crippen LogP contribution in [0.2, 0.25) is 5.02 Å². The molecule has 0 spiro atoms. The molecule has 0 heterocycles. The smallest absolute Gasteiger partial charge is 0.0701 e. The standard InChI is InChI=1S/C10H10ClN/c1-7-3-4-9(8(2)6-12)10(11)5-7/h3-5,8H,1-2H3. The zero-order chi connectivity index (χ0) is 9.14. The minimum absolute atomic E-state index is 0.127. The normalized spacial score (nSPS) is 12.2. The Morgan fingerprint density at radius 2 is 2.17 bits per heavy atom. The van der Waals surface area contributed by atoms with Gasteiger partial charge in [0.2, 0.25) is 0 Å². The van der Waals surface area contributed by atoms with Gasteiger partial charge in [0, 0.05) is 5.02 Å². The molecular formula is C10H10ClN. The number of benzene rings is 1. The van der Waals surface area contributed by atoms with Gasteiger partial charge in [0.05, 0.1) is 12.0 Å². The number of hydrogen-bond acceptors (Lipinski definition) is 1. The van der Waals surface area contributed by atoms with Gasteiger partial charge in [-0.3, -0.25) is 0 Å². The molecular weight excluding hydrogens is 170 g/mol. The van der Waals surface area contributed by atoms with Crippen molar-refractivity contribution in [3.8, 4) is 6.07 Å². The third kappa shape index (κ3) is 1.78. The summed E-state index contributed by atoms with van der Waals surface area (Å²) in [5, 5.41) is 9.36.